The zero-order valence-electron chi connectivity index (χ0n) is 11.4. The lowest BCUT2D eigenvalue weighted by molar-refractivity contribution is 0.369. The van der Waals surface area contributed by atoms with Gasteiger partial charge in [0.15, 0.2) is 11.6 Å². The smallest absolute Gasteiger partial charge is 0.165 e. The van der Waals surface area contributed by atoms with E-state index in [9.17, 15) is 4.39 Å². The summed E-state index contributed by atoms with van der Waals surface area (Å²) >= 11 is 0. The van der Waals surface area contributed by atoms with Gasteiger partial charge in [-0.1, -0.05) is 32.8 Å². The fourth-order valence-electron chi connectivity index (χ4n) is 2.16. The SMILES string of the molecule is CCC(CC)CC(NN)c1ccc(OC)c(F)c1. The highest BCUT2D eigenvalue weighted by atomic mass is 19.1. The first-order valence-corrected chi connectivity index (χ1v) is 6.45. The molecule has 1 aromatic carbocycles. The van der Waals surface area contributed by atoms with Crippen molar-refractivity contribution in [2.75, 3.05) is 7.11 Å². The summed E-state index contributed by atoms with van der Waals surface area (Å²) in [6.07, 6.45) is 3.12. The zero-order chi connectivity index (χ0) is 13.5. The van der Waals surface area contributed by atoms with Crippen molar-refractivity contribution in [3.63, 3.8) is 0 Å². The van der Waals surface area contributed by atoms with Gasteiger partial charge in [0.2, 0.25) is 0 Å². The third kappa shape index (κ3) is 3.68. The molecule has 1 rings (SSSR count). The summed E-state index contributed by atoms with van der Waals surface area (Å²) in [7, 11) is 1.46. The quantitative estimate of drug-likeness (QED) is 0.580. The van der Waals surface area contributed by atoms with Crippen molar-refractivity contribution in [3.05, 3.63) is 29.6 Å². The van der Waals surface area contributed by atoms with Crippen LogP contribution >= 0.6 is 0 Å². The number of halogens is 1. The second-order valence-electron chi connectivity index (χ2n) is 4.53. The number of nitrogens with one attached hydrogen (secondary N) is 1. The molecule has 0 aliphatic rings. The van der Waals surface area contributed by atoms with Crippen LogP contribution < -0.4 is 16.0 Å². The summed E-state index contributed by atoms with van der Waals surface area (Å²) in [6.45, 7) is 4.33. The molecule has 4 heteroatoms. The molecule has 0 aliphatic carbocycles. The van der Waals surface area contributed by atoms with E-state index in [-0.39, 0.29) is 17.6 Å². The first-order chi connectivity index (χ1) is 8.65. The number of rotatable bonds is 7. The molecule has 0 aromatic heterocycles. The average molecular weight is 254 g/mol. The molecule has 18 heavy (non-hydrogen) atoms. The summed E-state index contributed by atoms with van der Waals surface area (Å²) < 4.78 is 18.6. The van der Waals surface area contributed by atoms with E-state index in [2.05, 4.69) is 19.3 Å². The molecule has 3 nitrogen and oxygen atoms in total. The van der Waals surface area contributed by atoms with Crippen LogP contribution in [-0.4, -0.2) is 7.11 Å². The molecular weight excluding hydrogens is 231 g/mol. The number of hydrogen-bond acceptors (Lipinski definition) is 3. The van der Waals surface area contributed by atoms with Crippen LogP contribution in [0.5, 0.6) is 5.75 Å². The van der Waals surface area contributed by atoms with Gasteiger partial charge in [-0.15, -0.1) is 0 Å². The van der Waals surface area contributed by atoms with E-state index in [1.54, 1.807) is 6.07 Å². The van der Waals surface area contributed by atoms with Gasteiger partial charge in [0.1, 0.15) is 0 Å². The standard InChI is InChI=1S/C14H23FN2O/c1-4-10(5-2)8-13(17-16)11-6-7-14(18-3)12(15)9-11/h6-7,9-10,13,17H,4-5,8,16H2,1-3H3. The monoisotopic (exact) mass is 254 g/mol. The maximum Gasteiger partial charge on any atom is 0.165 e. The van der Waals surface area contributed by atoms with Crippen LogP contribution in [0.15, 0.2) is 18.2 Å². The van der Waals surface area contributed by atoms with E-state index in [0.29, 0.717) is 5.92 Å². The van der Waals surface area contributed by atoms with Crippen LogP contribution in [0.25, 0.3) is 0 Å². The van der Waals surface area contributed by atoms with Gasteiger partial charge in [0.05, 0.1) is 7.11 Å². The van der Waals surface area contributed by atoms with Crippen LogP contribution in [0.1, 0.15) is 44.7 Å². The first-order valence-electron chi connectivity index (χ1n) is 6.45. The molecule has 0 aliphatic heterocycles. The highest BCUT2D eigenvalue weighted by Crippen LogP contribution is 2.27. The Morgan fingerprint density at radius 1 is 1.33 bits per heavy atom. The highest BCUT2D eigenvalue weighted by Gasteiger charge is 2.16. The van der Waals surface area contributed by atoms with E-state index < -0.39 is 0 Å². The number of benzene rings is 1. The average Bonchev–Trinajstić information content (AvgIpc) is 2.40. The van der Waals surface area contributed by atoms with Gasteiger partial charge >= 0.3 is 0 Å². The van der Waals surface area contributed by atoms with Crippen LogP contribution in [0.3, 0.4) is 0 Å². The Hall–Kier alpha value is -1.13. The third-order valence-corrected chi connectivity index (χ3v) is 3.50. The van der Waals surface area contributed by atoms with Gasteiger partial charge in [-0.25, -0.2) is 4.39 Å². The van der Waals surface area contributed by atoms with E-state index in [4.69, 9.17) is 10.6 Å². The molecule has 0 amide bonds. The van der Waals surface area contributed by atoms with Gasteiger partial charge in [-0.05, 0) is 30.0 Å². The summed E-state index contributed by atoms with van der Waals surface area (Å²) in [5.41, 5.74) is 3.64. The predicted molar refractivity (Wildman–Crippen MR) is 71.7 cm³/mol. The lowest BCUT2D eigenvalue weighted by Crippen LogP contribution is -2.29. The van der Waals surface area contributed by atoms with Gasteiger partial charge in [0.25, 0.3) is 0 Å². The van der Waals surface area contributed by atoms with Crippen molar-refractivity contribution in [1.29, 1.82) is 0 Å². The number of methoxy groups -OCH3 is 1. The molecule has 0 bridgehead atoms. The number of nitrogens with two attached hydrogens (primary N) is 1. The Bertz CT molecular complexity index is 367. The van der Waals surface area contributed by atoms with E-state index >= 15 is 0 Å². The largest absolute Gasteiger partial charge is 0.494 e. The topological polar surface area (TPSA) is 47.3 Å². The van der Waals surface area contributed by atoms with Crippen molar-refractivity contribution in [2.24, 2.45) is 11.8 Å². The number of hydrogen-bond donors (Lipinski definition) is 2. The molecule has 0 fully saturated rings. The molecule has 1 aromatic rings. The van der Waals surface area contributed by atoms with Crippen molar-refractivity contribution in [3.8, 4) is 5.75 Å². The summed E-state index contributed by atoms with van der Waals surface area (Å²) in [5, 5.41) is 0. The zero-order valence-corrected chi connectivity index (χ0v) is 11.4. The molecule has 0 saturated heterocycles. The Kier molecular flexibility index (Phi) is 6.09. The second kappa shape index (κ2) is 7.34. The molecule has 1 atom stereocenters. The van der Waals surface area contributed by atoms with Crippen LogP contribution in [-0.2, 0) is 0 Å². The molecular formula is C14H23FN2O. The summed E-state index contributed by atoms with van der Waals surface area (Å²) in [4.78, 5) is 0. The molecule has 0 heterocycles. The van der Waals surface area contributed by atoms with Crippen LogP contribution in [0.4, 0.5) is 4.39 Å². The van der Waals surface area contributed by atoms with Crippen LogP contribution in [0.2, 0.25) is 0 Å². The Balaban J connectivity index is 2.84. The Morgan fingerprint density at radius 2 is 2.00 bits per heavy atom. The first kappa shape index (κ1) is 14.9. The lowest BCUT2D eigenvalue weighted by Gasteiger charge is -2.22. The van der Waals surface area contributed by atoms with Gasteiger partial charge in [0, 0.05) is 6.04 Å². The highest BCUT2D eigenvalue weighted by molar-refractivity contribution is 5.31. The Labute approximate surface area is 108 Å². The molecule has 1 unspecified atom stereocenters. The van der Waals surface area contributed by atoms with Crippen molar-refractivity contribution in [1.82, 2.24) is 5.43 Å². The maximum absolute atomic E-state index is 13.7. The molecule has 102 valence electrons. The second-order valence-corrected chi connectivity index (χ2v) is 4.53. The summed E-state index contributed by atoms with van der Waals surface area (Å²) in [5.74, 6) is 6.09. The van der Waals surface area contributed by atoms with Crippen molar-refractivity contribution in [2.45, 2.75) is 39.2 Å². The minimum atomic E-state index is -0.347. The lowest BCUT2D eigenvalue weighted by atomic mass is 9.91. The fraction of sp³-hybridized carbons (Fsp3) is 0.571. The minimum absolute atomic E-state index is 0.0182. The summed E-state index contributed by atoms with van der Waals surface area (Å²) in [6, 6.07) is 4.97. The van der Waals surface area contributed by atoms with Gasteiger partial charge in [-0.2, -0.15) is 0 Å². The van der Waals surface area contributed by atoms with Crippen molar-refractivity contribution >= 4 is 0 Å². The maximum atomic E-state index is 13.7. The molecule has 0 saturated carbocycles. The fourth-order valence-corrected chi connectivity index (χ4v) is 2.16. The van der Waals surface area contributed by atoms with Gasteiger partial charge in [-0.3, -0.25) is 11.3 Å². The number of hydrazine groups is 1. The normalized spacial score (nSPS) is 12.8. The minimum Gasteiger partial charge on any atom is -0.494 e. The van der Waals surface area contributed by atoms with Crippen LogP contribution in [0, 0.1) is 11.7 Å². The number of ether oxygens (including phenoxy) is 1. The van der Waals surface area contributed by atoms with E-state index in [1.807, 2.05) is 6.07 Å². The molecule has 0 radical (unpaired) electrons. The van der Waals surface area contributed by atoms with Gasteiger partial charge < -0.3 is 4.74 Å². The Morgan fingerprint density at radius 3 is 2.44 bits per heavy atom. The molecule has 0 spiro atoms. The third-order valence-electron chi connectivity index (χ3n) is 3.50. The van der Waals surface area contributed by atoms with E-state index in [1.165, 1.54) is 13.2 Å². The molecule has 3 N–H and O–H groups in total. The predicted octanol–water partition coefficient (Wildman–Crippen LogP) is 3.17. The van der Waals surface area contributed by atoms with Crippen molar-refractivity contribution < 1.29 is 9.13 Å². The van der Waals surface area contributed by atoms with E-state index in [0.717, 1.165) is 24.8 Å².